The zero-order valence-electron chi connectivity index (χ0n) is 13.8. The van der Waals surface area contributed by atoms with Crippen LogP contribution < -0.4 is 9.64 Å². The van der Waals surface area contributed by atoms with E-state index in [2.05, 4.69) is 15.9 Å². The highest BCUT2D eigenvalue weighted by atomic mass is 79.9. The fourth-order valence-corrected chi connectivity index (χ4v) is 3.43. The Morgan fingerprint density at radius 1 is 1.31 bits per heavy atom. The number of rotatable bonds is 5. The van der Waals surface area contributed by atoms with E-state index in [0.29, 0.717) is 22.5 Å². The van der Waals surface area contributed by atoms with Gasteiger partial charge in [0.25, 0.3) is 5.69 Å². The highest BCUT2D eigenvalue weighted by molar-refractivity contribution is 9.10. The van der Waals surface area contributed by atoms with Gasteiger partial charge in [-0.2, -0.15) is 0 Å². The Hall–Kier alpha value is -2.48. The van der Waals surface area contributed by atoms with E-state index in [1.807, 2.05) is 6.07 Å². The van der Waals surface area contributed by atoms with Gasteiger partial charge in [0.1, 0.15) is 11.6 Å². The molecule has 1 aliphatic rings. The molecule has 2 aromatic carbocycles. The molecule has 6 nitrogen and oxygen atoms in total. The maximum atomic E-state index is 14.3. The molecule has 1 heterocycles. The number of hydrogen-bond acceptors (Lipinski definition) is 4. The molecular weight excluding hydrogens is 407 g/mol. The van der Waals surface area contributed by atoms with Crippen LogP contribution in [0.5, 0.6) is 5.75 Å². The summed E-state index contributed by atoms with van der Waals surface area (Å²) < 4.78 is 20.4. The Labute approximate surface area is 157 Å². The van der Waals surface area contributed by atoms with E-state index in [-0.39, 0.29) is 24.6 Å². The molecule has 1 amide bonds. The molecule has 2 aromatic rings. The van der Waals surface area contributed by atoms with Gasteiger partial charge >= 0.3 is 0 Å². The summed E-state index contributed by atoms with van der Waals surface area (Å²) in [5.41, 5.74) is 1.13. The number of nitrogens with zero attached hydrogens (tertiary/aromatic N) is 2. The summed E-state index contributed by atoms with van der Waals surface area (Å²) in [6.07, 6.45) is 1.60. The molecule has 8 heteroatoms. The summed E-state index contributed by atoms with van der Waals surface area (Å²) in [6, 6.07) is 8.84. The number of fused-ring (bicyclic) bond motifs is 1. The second-order valence-electron chi connectivity index (χ2n) is 5.89. The standard InChI is InChI=1S/C18H16BrFN2O4/c19-13-10-12-2-1-8-21(18(12)16(20)11-13)17(23)7-9-26-15-5-3-14(4-6-15)22(24)25/h3-6,10-11H,1-2,7-9H2. The third-order valence-corrected chi connectivity index (χ3v) is 4.60. The summed E-state index contributed by atoms with van der Waals surface area (Å²) in [6.45, 7) is 0.586. The smallest absolute Gasteiger partial charge is 0.269 e. The molecule has 0 spiro atoms. The summed E-state index contributed by atoms with van der Waals surface area (Å²) in [4.78, 5) is 24.1. The molecule has 0 atom stereocenters. The Morgan fingerprint density at radius 2 is 2.04 bits per heavy atom. The fraction of sp³-hybridized carbons (Fsp3) is 0.278. The van der Waals surface area contributed by atoms with Crippen molar-refractivity contribution in [2.45, 2.75) is 19.3 Å². The van der Waals surface area contributed by atoms with Crippen molar-refractivity contribution in [3.63, 3.8) is 0 Å². The molecule has 0 saturated heterocycles. The van der Waals surface area contributed by atoms with Crippen LogP contribution in [0.4, 0.5) is 15.8 Å². The van der Waals surface area contributed by atoms with Crippen LogP contribution in [0.2, 0.25) is 0 Å². The number of aryl methyl sites for hydroxylation is 1. The predicted molar refractivity (Wildman–Crippen MR) is 98.0 cm³/mol. The van der Waals surface area contributed by atoms with Gasteiger partial charge in [0, 0.05) is 23.2 Å². The minimum Gasteiger partial charge on any atom is -0.493 e. The lowest BCUT2D eigenvalue weighted by Gasteiger charge is -2.30. The Morgan fingerprint density at radius 3 is 2.73 bits per heavy atom. The molecule has 0 aromatic heterocycles. The van der Waals surface area contributed by atoms with Gasteiger partial charge in [0.15, 0.2) is 0 Å². The van der Waals surface area contributed by atoms with E-state index in [0.717, 1.165) is 18.4 Å². The third kappa shape index (κ3) is 4.01. The number of benzene rings is 2. The number of hydrogen-bond donors (Lipinski definition) is 0. The molecule has 1 aliphatic heterocycles. The Balaban J connectivity index is 1.62. The van der Waals surface area contributed by atoms with Crippen molar-refractivity contribution in [1.29, 1.82) is 0 Å². The van der Waals surface area contributed by atoms with Crippen molar-refractivity contribution >= 4 is 33.2 Å². The fourth-order valence-electron chi connectivity index (χ4n) is 2.96. The first-order valence-electron chi connectivity index (χ1n) is 8.11. The topological polar surface area (TPSA) is 72.7 Å². The van der Waals surface area contributed by atoms with Crippen molar-refractivity contribution in [2.24, 2.45) is 0 Å². The average Bonchev–Trinajstić information content (AvgIpc) is 2.61. The van der Waals surface area contributed by atoms with Crippen molar-refractivity contribution in [3.05, 3.63) is 62.4 Å². The van der Waals surface area contributed by atoms with Crippen molar-refractivity contribution in [1.82, 2.24) is 0 Å². The largest absolute Gasteiger partial charge is 0.493 e. The minimum atomic E-state index is -0.492. The van der Waals surface area contributed by atoms with Crippen LogP contribution >= 0.6 is 15.9 Å². The van der Waals surface area contributed by atoms with Gasteiger partial charge in [0.2, 0.25) is 5.91 Å². The van der Waals surface area contributed by atoms with Gasteiger partial charge in [-0.3, -0.25) is 14.9 Å². The summed E-state index contributed by atoms with van der Waals surface area (Å²) >= 11 is 3.27. The van der Waals surface area contributed by atoms with Crippen LogP contribution in [0.15, 0.2) is 40.9 Å². The van der Waals surface area contributed by atoms with Gasteiger partial charge < -0.3 is 9.64 Å². The number of nitro groups is 1. The number of ether oxygens (including phenoxy) is 1. The van der Waals surface area contributed by atoms with E-state index in [1.165, 1.54) is 35.2 Å². The predicted octanol–water partition coefficient (Wildman–Crippen LogP) is 4.24. The monoisotopic (exact) mass is 422 g/mol. The van der Waals surface area contributed by atoms with Crippen LogP contribution in [0.1, 0.15) is 18.4 Å². The molecule has 0 saturated carbocycles. The molecule has 0 fully saturated rings. The van der Waals surface area contributed by atoms with Crippen molar-refractivity contribution in [3.8, 4) is 5.75 Å². The molecule has 0 bridgehead atoms. The molecule has 136 valence electrons. The molecular formula is C18H16BrFN2O4. The molecule has 0 N–H and O–H groups in total. The average molecular weight is 423 g/mol. The first-order chi connectivity index (χ1) is 12.5. The second kappa shape index (κ2) is 7.82. The van der Waals surface area contributed by atoms with Crippen LogP contribution in [-0.2, 0) is 11.2 Å². The van der Waals surface area contributed by atoms with Crippen molar-refractivity contribution in [2.75, 3.05) is 18.1 Å². The van der Waals surface area contributed by atoms with E-state index < -0.39 is 10.7 Å². The first-order valence-corrected chi connectivity index (χ1v) is 8.90. The number of nitro benzene ring substituents is 1. The Kier molecular flexibility index (Phi) is 5.51. The van der Waals surface area contributed by atoms with Crippen LogP contribution in [0.3, 0.4) is 0 Å². The highest BCUT2D eigenvalue weighted by Gasteiger charge is 2.26. The van der Waals surface area contributed by atoms with Crippen LogP contribution in [-0.4, -0.2) is 24.0 Å². The van der Waals surface area contributed by atoms with Gasteiger partial charge in [0.05, 0.1) is 23.6 Å². The van der Waals surface area contributed by atoms with E-state index >= 15 is 0 Å². The number of non-ortho nitro benzene ring substituents is 1. The summed E-state index contributed by atoms with van der Waals surface area (Å²) in [7, 11) is 0. The van der Waals surface area contributed by atoms with Gasteiger partial charge in [-0.15, -0.1) is 0 Å². The number of carbonyl (C=O) groups excluding carboxylic acids is 1. The minimum absolute atomic E-state index is 0.0278. The second-order valence-corrected chi connectivity index (χ2v) is 6.81. The van der Waals surface area contributed by atoms with Crippen LogP contribution in [0.25, 0.3) is 0 Å². The van der Waals surface area contributed by atoms with E-state index in [1.54, 1.807) is 0 Å². The maximum Gasteiger partial charge on any atom is 0.269 e. The number of halogens is 2. The lowest BCUT2D eigenvalue weighted by Crippen LogP contribution is -2.37. The van der Waals surface area contributed by atoms with Crippen LogP contribution in [0, 0.1) is 15.9 Å². The van der Waals surface area contributed by atoms with E-state index in [9.17, 15) is 19.3 Å². The highest BCUT2D eigenvalue weighted by Crippen LogP contribution is 2.33. The lowest BCUT2D eigenvalue weighted by atomic mass is 10.0. The number of carbonyl (C=O) groups is 1. The number of anilines is 1. The van der Waals surface area contributed by atoms with Gasteiger partial charge in [-0.1, -0.05) is 15.9 Å². The van der Waals surface area contributed by atoms with Gasteiger partial charge in [-0.25, -0.2) is 4.39 Å². The first kappa shape index (κ1) is 18.3. The molecule has 3 rings (SSSR count). The normalized spacial score (nSPS) is 13.2. The zero-order valence-corrected chi connectivity index (χ0v) is 15.4. The lowest BCUT2D eigenvalue weighted by molar-refractivity contribution is -0.384. The summed E-state index contributed by atoms with van der Waals surface area (Å²) in [5, 5.41) is 10.6. The molecule has 0 radical (unpaired) electrons. The SMILES string of the molecule is O=C(CCOc1ccc([N+](=O)[O-])cc1)N1CCCc2cc(Br)cc(F)c21. The molecule has 0 unspecified atom stereocenters. The third-order valence-electron chi connectivity index (χ3n) is 4.14. The maximum absolute atomic E-state index is 14.3. The zero-order chi connectivity index (χ0) is 18.7. The number of amides is 1. The summed E-state index contributed by atoms with van der Waals surface area (Å²) in [5.74, 6) is -0.189. The van der Waals surface area contributed by atoms with Gasteiger partial charge in [-0.05, 0) is 42.7 Å². The quantitative estimate of drug-likeness (QED) is 0.533. The van der Waals surface area contributed by atoms with E-state index in [4.69, 9.17) is 4.74 Å². The molecule has 26 heavy (non-hydrogen) atoms. The molecule has 0 aliphatic carbocycles. The Bertz CT molecular complexity index is 842. The van der Waals surface area contributed by atoms with Crippen molar-refractivity contribution < 1.29 is 18.8 Å².